The topological polar surface area (TPSA) is 39.9 Å². The first-order valence-corrected chi connectivity index (χ1v) is 5.10. The molecule has 0 N–H and O–H groups in total. The zero-order valence-electron chi connectivity index (χ0n) is 8.66. The van der Waals surface area contributed by atoms with Crippen molar-refractivity contribution in [1.29, 1.82) is 5.26 Å². The lowest BCUT2D eigenvalue weighted by Gasteiger charge is -2.32. The van der Waals surface area contributed by atoms with Gasteiger partial charge >= 0.3 is 0 Å². The van der Waals surface area contributed by atoms with Crippen LogP contribution in [0.5, 0.6) is 0 Å². The second-order valence-corrected chi connectivity index (χ2v) is 3.86. The van der Waals surface area contributed by atoms with Crippen molar-refractivity contribution < 1.29 is 8.78 Å². The summed E-state index contributed by atoms with van der Waals surface area (Å²) in [4.78, 5) is 5.90. The number of hydrogen-bond acceptors (Lipinski definition) is 3. The molecule has 1 aliphatic rings. The van der Waals surface area contributed by atoms with Crippen LogP contribution in [-0.2, 0) is 0 Å². The fourth-order valence-corrected chi connectivity index (χ4v) is 1.70. The largest absolute Gasteiger partial charge is 0.356 e. The van der Waals surface area contributed by atoms with Gasteiger partial charge < -0.3 is 4.90 Å². The van der Waals surface area contributed by atoms with Gasteiger partial charge in [-0.05, 0) is 12.1 Å². The molecule has 0 spiro atoms. The summed E-state index contributed by atoms with van der Waals surface area (Å²) in [6.45, 7) is 0.623. The van der Waals surface area contributed by atoms with E-state index in [1.165, 1.54) is 6.20 Å². The Morgan fingerprint density at radius 1 is 1.31 bits per heavy atom. The number of rotatable bonds is 1. The highest BCUT2D eigenvalue weighted by molar-refractivity contribution is 5.42. The van der Waals surface area contributed by atoms with Crippen molar-refractivity contribution in [3.05, 3.63) is 23.9 Å². The normalized spacial score (nSPS) is 19.2. The molecule has 1 aromatic heterocycles. The molecule has 0 unspecified atom stereocenters. The Morgan fingerprint density at radius 3 is 2.50 bits per heavy atom. The fraction of sp³-hybridized carbons (Fsp3) is 0.455. The monoisotopic (exact) mass is 223 g/mol. The summed E-state index contributed by atoms with van der Waals surface area (Å²) in [6, 6.07) is 5.31. The quantitative estimate of drug-likeness (QED) is 0.732. The van der Waals surface area contributed by atoms with Crippen molar-refractivity contribution in [3.8, 4) is 6.07 Å². The summed E-state index contributed by atoms with van der Waals surface area (Å²) in [5, 5.41) is 8.60. The lowest BCUT2D eigenvalue weighted by molar-refractivity contribution is -0.0221. The maximum atomic E-state index is 12.9. The predicted octanol–water partition coefficient (Wildman–Crippen LogP) is 2.19. The van der Waals surface area contributed by atoms with Crippen LogP contribution in [0.4, 0.5) is 14.6 Å². The molecule has 16 heavy (non-hydrogen) atoms. The Balaban J connectivity index is 2.06. The van der Waals surface area contributed by atoms with Gasteiger partial charge in [-0.1, -0.05) is 0 Å². The van der Waals surface area contributed by atoms with E-state index in [1.807, 2.05) is 11.0 Å². The number of alkyl halides is 2. The average Bonchev–Trinajstić information content (AvgIpc) is 2.29. The fourth-order valence-electron chi connectivity index (χ4n) is 1.70. The third-order valence-electron chi connectivity index (χ3n) is 2.70. The van der Waals surface area contributed by atoms with E-state index in [4.69, 9.17) is 5.26 Å². The van der Waals surface area contributed by atoms with E-state index in [-0.39, 0.29) is 12.8 Å². The Morgan fingerprint density at radius 2 is 2.00 bits per heavy atom. The van der Waals surface area contributed by atoms with Crippen LogP contribution >= 0.6 is 0 Å². The van der Waals surface area contributed by atoms with Gasteiger partial charge in [-0.15, -0.1) is 0 Å². The molecule has 5 heteroatoms. The van der Waals surface area contributed by atoms with Gasteiger partial charge in [0, 0.05) is 32.1 Å². The van der Waals surface area contributed by atoms with Crippen molar-refractivity contribution in [2.45, 2.75) is 18.8 Å². The van der Waals surface area contributed by atoms with E-state index in [9.17, 15) is 8.78 Å². The molecule has 2 heterocycles. The average molecular weight is 223 g/mol. The first-order chi connectivity index (χ1) is 7.61. The van der Waals surface area contributed by atoms with Crippen molar-refractivity contribution in [1.82, 2.24) is 4.98 Å². The van der Waals surface area contributed by atoms with E-state index in [0.29, 0.717) is 24.5 Å². The lowest BCUT2D eigenvalue weighted by atomic mass is 10.1. The SMILES string of the molecule is N#Cc1ccc(N2CCC(F)(F)CC2)nc1. The Labute approximate surface area is 92.3 Å². The molecular weight excluding hydrogens is 212 g/mol. The molecule has 2 rings (SSSR count). The third-order valence-corrected chi connectivity index (χ3v) is 2.70. The Hall–Kier alpha value is -1.70. The molecule has 0 aromatic carbocycles. The molecule has 3 nitrogen and oxygen atoms in total. The van der Waals surface area contributed by atoms with Gasteiger partial charge in [-0.25, -0.2) is 13.8 Å². The number of nitriles is 1. The molecule has 1 aliphatic heterocycles. The maximum Gasteiger partial charge on any atom is 0.251 e. The van der Waals surface area contributed by atoms with Crippen LogP contribution in [0.2, 0.25) is 0 Å². The van der Waals surface area contributed by atoms with Crippen molar-refractivity contribution in [3.63, 3.8) is 0 Å². The first kappa shape index (κ1) is 10.8. The van der Waals surface area contributed by atoms with Crippen molar-refractivity contribution in [2.75, 3.05) is 18.0 Å². The molecule has 0 atom stereocenters. The maximum absolute atomic E-state index is 12.9. The van der Waals surface area contributed by atoms with Crippen LogP contribution in [0, 0.1) is 11.3 Å². The molecule has 1 aromatic rings. The van der Waals surface area contributed by atoms with Gasteiger partial charge in [-0.2, -0.15) is 5.26 Å². The molecule has 0 saturated carbocycles. The van der Waals surface area contributed by atoms with E-state index < -0.39 is 5.92 Å². The number of piperidine rings is 1. The number of pyridine rings is 1. The zero-order valence-corrected chi connectivity index (χ0v) is 8.66. The Bertz CT molecular complexity index is 398. The van der Waals surface area contributed by atoms with E-state index >= 15 is 0 Å². The molecule has 0 aliphatic carbocycles. The van der Waals surface area contributed by atoms with Crippen molar-refractivity contribution in [2.24, 2.45) is 0 Å². The Kier molecular flexibility index (Phi) is 2.73. The highest BCUT2D eigenvalue weighted by Gasteiger charge is 2.34. The van der Waals surface area contributed by atoms with Crippen LogP contribution in [-0.4, -0.2) is 24.0 Å². The van der Waals surface area contributed by atoms with Gasteiger partial charge in [0.05, 0.1) is 5.56 Å². The molecule has 0 bridgehead atoms. The standard InChI is InChI=1S/C11H11F2N3/c12-11(13)3-5-16(6-4-11)10-2-1-9(7-14)8-15-10/h1-2,8H,3-6H2. The van der Waals surface area contributed by atoms with E-state index in [1.54, 1.807) is 12.1 Å². The van der Waals surface area contributed by atoms with Crippen LogP contribution in [0.25, 0.3) is 0 Å². The summed E-state index contributed by atoms with van der Waals surface area (Å²) >= 11 is 0. The van der Waals surface area contributed by atoms with Crippen LogP contribution < -0.4 is 4.90 Å². The summed E-state index contributed by atoms with van der Waals surface area (Å²) in [5.41, 5.74) is 0.478. The minimum Gasteiger partial charge on any atom is -0.356 e. The lowest BCUT2D eigenvalue weighted by Crippen LogP contribution is -2.39. The summed E-state index contributed by atoms with van der Waals surface area (Å²) in [5.74, 6) is -1.88. The van der Waals surface area contributed by atoms with Gasteiger partial charge in [0.25, 0.3) is 5.92 Å². The summed E-state index contributed by atoms with van der Waals surface area (Å²) in [6.07, 6.45) is 1.20. The molecule has 0 radical (unpaired) electrons. The zero-order chi connectivity index (χ0) is 11.6. The molecule has 0 amide bonds. The first-order valence-electron chi connectivity index (χ1n) is 5.10. The van der Waals surface area contributed by atoms with E-state index in [2.05, 4.69) is 4.98 Å². The summed E-state index contributed by atoms with van der Waals surface area (Å²) in [7, 11) is 0. The summed E-state index contributed by atoms with van der Waals surface area (Å²) < 4.78 is 25.8. The highest BCUT2D eigenvalue weighted by atomic mass is 19.3. The number of halogens is 2. The van der Waals surface area contributed by atoms with Crippen molar-refractivity contribution >= 4 is 5.82 Å². The smallest absolute Gasteiger partial charge is 0.251 e. The van der Waals surface area contributed by atoms with Crippen LogP contribution in [0.15, 0.2) is 18.3 Å². The number of hydrogen-bond donors (Lipinski definition) is 0. The van der Waals surface area contributed by atoms with Gasteiger partial charge in [-0.3, -0.25) is 0 Å². The minimum absolute atomic E-state index is 0.130. The van der Waals surface area contributed by atoms with E-state index in [0.717, 1.165) is 0 Å². The highest BCUT2D eigenvalue weighted by Crippen LogP contribution is 2.29. The van der Waals surface area contributed by atoms with Gasteiger partial charge in [0.15, 0.2) is 0 Å². The number of anilines is 1. The third kappa shape index (κ3) is 2.27. The predicted molar refractivity (Wildman–Crippen MR) is 55.3 cm³/mol. The molecular formula is C11H11F2N3. The van der Waals surface area contributed by atoms with Gasteiger partial charge in [0.1, 0.15) is 11.9 Å². The second kappa shape index (κ2) is 4.05. The van der Waals surface area contributed by atoms with Crippen LogP contribution in [0.1, 0.15) is 18.4 Å². The minimum atomic E-state index is -2.54. The van der Waals surface area contributed by atoms with Gasteiger partial charge in [0.2, 0.25) is 0 Å². The molecule has 1 saturated heterocycles. The number of nitrogens with zero attached hydrogens (tertiary/aromatic N) is 3. The molecule has 84 valence electrons. The number of aromatic nitrogens is 1. The molecule has 1 fully saturated rings. The second-order valence-electron chi connectivity index (χ2n) is 3.86. The van der Waals surface area contributed by atoms with Crippen LogP contribution in [0.3, 0.4) is 0 Å².